The first kappa shape index (κ1) is 16.6. The molecule has 1 radical (unpaired) electrons. The average molecular weight is 396 g/mol. The maximum atomic E-state index is 11.9. The maximum absolute atomic E-state index is 11.9. The van der Waals surface area contributed by atoms with Gasteiger partial charge in [-0.25, -0.2) is 0 Å². The van der Waals surface area contributed by atoms with Crippen molar-refractivity contribution in [3.63, 3.8) is 0 Å². The van der Waals surface area contributed by atoms with Gasteiger partial charge in [-0.1, -0.05) is 23.7 Å². The summed E-state index contributed by atoms with van der Waals surface area (Å²) < 4.78 is 7.27. The number of aromatic nitrogens is 1. The molecule has 19 heavy (non-hydrogen) atoms. The largest absolute Gasteiger partial charge is 0.497 e. The van der Waals surface area contributed by atoms with Crippen molar-refractivity contribution in [1.82, 2.24) is 4.57 Å². The number of pyridine rings is 1. The number of aryl methyl sites for hydroxylation is 1. The second kappa shape index (κ2) is 6.82. The van der Waals surface area contributed by atoms with Crippen LogP contribution in [0.15, 0.2) is 33.5 Å². The Morgan fingerprint density at radius 1 is 1.37 bits per heavy atom. The topological polar surface area (TPSA) is 31.2 Å². The molecule has 1 heterocycles. The molecule has 1 aromatic heterocycles. The van der Waals surface area contributed by atoms with Crippen molar-refractivity contribution < 1.29 is 37.4 Å². The molecule has 0 aliphatic heterocycles. The number of nitrogens with zero attached hydrogens (tertiary/aromatic N) is 1. The van der Waals surface area contributed by atoms with Crippen LogP contribution in [0.3, 0.4) is 0 Å². The molecule has 1 aromatic carbocycles. The van der Waals surface area contributed by atoms with Gasteiger partial charge in [0, 0.05) is 39.8 Å². The molecule has 0 amide bonds. The molecule has 0 saturated heterocycles. The molecule has 0 unspecified atom stereocenters. The second-order valence-electron chi connectivity index (χ2n) is 4.03. The summed E-state index contributed by atoms with van der Waals surface area (Å²) in [5.74, 6) is 0.804. The molecule has 2 aromatic rings. The van der Waals surface area contributed by atoms with E-state index in [1.165, 1.54) is 0 Å². The molecule has 0 N–H and O–H groups in total. The maximum Gasteiger partial charge on any atom is 0.208 e. The van der Waals surface area contributed by atoms with Crippen LogP contribution in [0.4, 0.5) is 0 Å². The molecule has 0 spiro atoms. The Kier molecular flexibility index (Phi) is 5.96. The molecule has 97 valence electrons. The summed E-state index contributed by atoms with van der Waals surface area (Å²) >= 11 is 3.21. The molecule has 0 atom stereocenters. The van der Waals surface area contributed by atoms with E-state index in [0.29, 0.717) is 4.47 Å². The molecule has 0 bridgehead atoms. The van der Waals surface area contributed by atoms with E-state index in [-0.39, 0.29) is 38.3 Å². The van der Waals surface area contributed by atoms with Crippen LogP contribution >= 0.6 is 15.9 Å². The first-order valence-electron chi connectivity index (χ1n) is 5.47. The van der Waals surface area contributed by atoms with Crippen molar-refractivity contribution in [2.24, 2.45) is 7.05 Å². The predicted octanol–water partition coefficient (Wildman–Crippen LogP) is 2.93. The summed E-state index contributed by atoms with van der Waals surface area (Å²) in [4.78, 5) is 11.9. The zero-order valence-electron chi connectivity index (χ0n) is 11.0. The van der Waals surface area contributed by atoms with E-state index in [4.69, 9.17) is 4.74 Å². The minimum absolute atomic E-state index is 0. The van der Waals surface area contributed by atoms with Gasteiger partial charge in [0.1, 0.15) is 5.75 Å². The van der Waals surface area contributed by atoms with Crippen molar-refractivity contribution in [2.45, 2.75) is 6.92 Å². The molecule has 5 heteroatoms. The van der Waals surface area contributed by atoms with Gasteiger partial charge in [0.15, 0.2) is 0 Å². The predicted molar refractivity (Wildman–Crippen MR) is 74.9 cm³/mol. The SMILES string of the molecule is COc1ccc(-c2[c-]cc(Br)c(=O)n2C)c(C)c1.[Y]. The first-order chi connectivity index (χ1) is 8.54. The molecule has 0 aliphatic carbocycles. The van der Waals surface area contributed by atoms with Crippen molar-refractivity contribution in [3.8, 4) is 17.0 Å². The molecule has 0 saturated carbocycles. The van der Waals surface area contributed by atoms with E-state index in [2.05, 4.69) is 22.0 Å². The smallest absolute Gasteiger partial charge is 0.208 e. The van der Waals surface area contributed by atoms with Crippen LogP contribution in [-0.2, 0) is 39.8 Å². The molecule has 3 nitrogen and oxygen atoms in total. The fraction of sp³-hybridized carbons (Fsp3) is 0.214. The van der Waals surface area contributed by atoms with Crippen LogP contribution in [0, 0.1) is 13.0 Å². The Morgan fingerprint density at radius 3 is 2.63 bits per heavy atom. The number of benzene rings is 1. The van der Waals surface area contributed by atoms with Gasteiger partial charge in [0.05, 0.1) is 7.11 Å². The molecule has 0 aliphatic rings. The van der Waals surface area contributed by atoms with Crippen LogP contribution < -0.4 is 10.3 Å². The number of halogens is 1. The van der Waals surface area contributed by atoms with Crippen LogP contribution in [0.2, 0.25) is 0 Å². The van der Waals surface area contributed by atoms with Crippen molar-refractivity contribution in [1.29, 1.82) is 0 Å². The number of hydrogen-bond acceptors (Lipinski definition) is 2. The summed E-state index contributed by atoms with van der Waals surface area (Å²) in [6.45, 7) is 1.98. The molecule has 2 rings (SSSR count). The van der Waals surface area contributed by atoms with Crippen LogP contribution in [0.25, 0.3) is 11.3 Å². The Hall–Kier alpha value is -0.446. The van der Waals surface area contributed by atoms with E-state index in [9.17, 15) is 4.79 Å². The Labute approximate surface area is 146 Å². The summed E-state index contributed by atoms with van der Waals surface area (Å²) in [7, 11) is 3.37. The Morgan fingerprint density at radius 2 is 2.05 bits per heavy atom. The van der Waals surface area contributed by atoms with E-state index < -0.39 is 0 Å². The Bertz CT molecular complexity index is 652. The van der Waals surface area contributed by atoms with Crippen LogP contribution in [0.1, 0.15) is 5.56 Å². The zero-order chi connectivity index (χ0) is 13.3. The fourth-order valence-corrected chi connectivity index (χ4v) is 2.22. The summed E-state index contributed by atoms with van der Waals surface area (Å²) in [5.41, 5.74) is 2.72. The average Bonchev–Trinajstić information content (AvgIpc) is 2.37. The third-order valence-electron chi connectivity index (χ3n) is 2.87. The van der Waals surface area contributed by atoms with Crippen molar-refractivity contribution >= 4 is 15.9 Å². The number of hydrogen-bond donors (Lipinski definition) is 0. The van der Waals surface area contributed by atoms with E-state index in [1.807, 2.05) is 25.1 Å². The van der Waals surface area contributed by atoms with E-state index in [0.717, 1.165) is 22.6 Å². The van der Waals surface area contributed by atoms with Crippen molar-refractivity contribution in [2.75, 3.05) is 7.11 Å². The summed E-state index contributed by atoms with van der Waals surface area (Å²) in [6, 6.07) is 10.5. The van der Waals surface area contributed by atoms with Gasteiger partial charge in [-0.15, -0.1) is 22.0 Å². The second-order valence-corrected chi connectivity index (χ2v) is 4.88. The normalized spacial score (nSPS) is 9.89. The van der Waals surface area contributed by atoms with Crippen LogP contribution in [0.5, 0.6) is 5.75 Å². The minimum atomic E-state index is -0.0704. The van der Waals surface area contributed by atoms with Gasteiger partial charge in [-0.3, -0.25) is 4.79 Å². The monoisotopic (exact) mass is 395 g/mol. The molecular weight excluding hydrogens is 383 g/mol. The van der Waals surface area contributed by atoms with Gasteiger partial charge in [-0.05, 0) is 16.6 Å². The molecular formula is C14H13BrNO2Y-. The summed E-state index contributed by atoms with van der Waals surface area (Å²) in [5, 5.41) is 0. The number of rotatable bonds is 2. The van der Waals surface area contributed by atoms with Crippen LogP contribution in [-0.4, -0.2) is 11.7 Å². The third-order valence-corrected chi connectivity index (χ3v) is 3.44. The quantitative estimate of drug-likeness (QED) is 0.732. The van der Waals surface area contributed by atoms with Gasteiger partial charge in [0.25, 0.3) is 0 Å². The number of methoxy groups -OCH3 is 1. The van der Waals surface area contributed by atoms with Gasteiger partial charge in [0.2, 0.25) is 5.56 Å². The van der Waals surface area contributed by atoms with Crippen molar-refractivity contribution in [3.05, 3.63) is 50.7 Å². The fourth-order valence-electron chi connectivity index (χ4n) is 1.84. The van der Waals surface area contributed by atoms with Gasteiger partial charge < -0.3 is 9.30 Å². The zero-order valence-corrected chi connectivity index (χ0v) is 15.5. The minimum Gasteiger partial charge on any atom is -0.497 e. The third kappa shape index (κ3) is 3.36. The van der Waals surface area contributed by atoms with Gasteiger partial charge in [-0.2, -0.15) is 12.1 Å². The van der Waals surface area contributed by atoms with Gasteiger partial charge >= 0.3 is 0 Å². The van der Waals surface area contributed by atoms with E-state index in [1.54, 1.807) is 24.8 Å². The standard InChI is InChI=1S/C14H13BrNO2.Y/c1-9-8-10(18-3)4-5-11(9)13-7-6-12(15)14(17)16(13)2;/h4-6,8H,1-3H3;/q-1;. The Balaban J connectivity index is 0.00000180. The van der Waals surface area contributed by atoms with E-state index >= 15 is 0 Å². The summed E-state index contributed by atoms with van der Waals surface area (Å²) in [6.07, 6.45) is 0. The number of ether oxygens (including phenoxy) is 1. The molecule has 0 fully saturated rings. The first-order valence-corrected chi connectivity index (χ1v) is 6.26.